The molecule has 2 N–H and O–H groups in total. The third kappa shape index (κ3) is 1.94. The van der Waals surface area contributed by atoms with Gasteiger partial charge in [0.2, 0.25) is 0 Å². The molecule has 1 unspecified atom stereocenters. The predicted molar refractivity (Wildman–Crippen MR) is 65.6 cm³/mol. The summed E-state index contributed by atoms with van der Waals surface area (Å²) in [5.74, 6) is 0. The molecule has 0 aromatic carbocycles. The average Bonchev–Trinajstić information content (AvgIpc) is 2.83. The molecule has 2 aromatic rings. The molecule has 90 valence electrons. The number of pyridine rings is 1. The van der Waals surface area contributed by atoms with Crippen LogP contribution < -0.4 is 5.73 Å². The van der Waals surface area contributed by atoms with Crippen molar-refractivity contribution in [1.82, 2.24) is 9.38 Å². The molecule has 2 aromatic heterocycles. The molecule has 0 amide bonds. The van der Waals surface area contributed by atoms with Gasteiger partial charge in [-0.25, -0.2) is 4.98 Å². The highest BCUT2D eigenvalue weighted by atomic mass is 16.5. The summed E-state index contributed by atoms with van der Waals surface area (Å²) in [4.78, 5) is 4.67. The van der Waals surface area contributed by atoms with E-state index in [-0.39, 0.29) is 6.10 Å². The second-order valence-electron chi connectivity index (χ2n) is 4.49. The van der Waals surface area contributed by atoms with Gasteiger partial charge in [-0.1, -0.05) is 6.07 Å². The third-order valence-corrected chi connectivity index (χ3v) is 3.31. The van der Waals surface area contributed by atoms with E-state index in [2.05, 4.69) is 11.2 Å². The van der Waals surface area contributed by atoms with Gasteiger partial charge in [0.1, 0.15) is 11.8 Å². The fraction of sp³-hybridized carbons (Fsp3) is 0.462. The van der Waals surface area contributed by atoms with Gasteiger partial charge in [0.15, 0.2) is 0 Å². The summed E-state index contributed by atoms with van der Waals surface area (Å²) in [7, 11) is 0. The predicted octanol–water partition coefficient (Wildman–Crippen LogP) is 2.03. The monoisotopic (exact) mass is 231 g/mol. The molecule has 17 heavy (non-hydrogen) atoms. The Morgan fingerprint density at radius 2 is 2.41 bits per heavy atom. The molecular weight excluding hydrogens is 214 g/mol. The van der Waals surface area contributed by atoms with E-state index < -0.39 is 0 Å². The third-order valence-electron chi connectivity index (χ3n) is 3.31. The van der Waals surface area contributed by atoms with E-state index in [0.717, 1.165) is 36.4 Å². The fourth-order valence-corrected chi connectivity index (χ4v) is 2.38. The Kier molecular flexibility index (Phi) is 2.82. The molecule has 0 radical (unpaired) electrons. The van der Waals surface area contributed by atoms with E-state index in [9.17, 15) is 0 Å². The number of hydrogen-bond acceptors (Lipinski definition) is 3. The van der Waals surface area contributed by atoms with Crippen LogP contribution in [-0.4, -0.2) is 16.0 Å². The number of ether oxygens (including phenoxy) is 1. The summed E-state index contributed by atoms with van der Waals surface area (Å²) in [6.07, 6.45) is 7.69. The second kappa shape index (κ2) is 4.47. The Morgan fingerprint density at radius 3 is 3.18 bits per heavy atom. The Hall–Kier alpha value is -1.39. The number of rotatable bonds is 2. The van der Waals surface area contributed by atoms with Crippen LogP contribution in [0.3, 0.4) is 0 Å². The van der Waals surface area contributed by atoms with Crippen LogP contribution in [0.1, 0.15) is 36.6 Å². The minimum Gasteiger partial charge on any atom is -0.372 e. The smallest absolute Gasteiger partial charge is 0.141 e. The van der Waals surface area contributed by atoms with Crippen LogP contribution >= 0.6 is 0 Å². The minimum atomic E-state index is 0.161. The van der Waals surface area contributed by atoms with Gasteiger partial charge < -0.3 is 14.9 Å². The van der Waals surface area contributed by atoms with Gasteiger partial charge in [-0.05, 0) is 25.3 Å². The van der Waals surface area contributed by atoms with Crippen molar-refractivity contribution in [3.8, 4) is 0 Å². The molecule has 1 fully saturated rings. The number of nitrogens with two attached hydrogens (primary N) is 1. The van der Waals surface area contributed by atoms with Gasteiger partial charge in [0, 0.05) is 31.1 Å². The van der Waals surface area contributed by atoms with Gasteiger partial charge >= 0.3 is 0 Å². The van der Waals surface area contributed by atoms with Gasteiger partial charge in [-0.3, -0.25) is 0 Å². The lowest BCUT2D eigenvalue weighted by atomic mass is 10.1. The lowest BCUT2D eigenvalue weighted by Crippen LogP contribution is -2.11. The highest BCUT2D eigenvalue weighted by molar-refractivity contribution is 5.49. The molecule has 1 aliphatic heterocycles. The summed E-state index contributed by atoms with van der Waals surface area (Å²) in [6, 6.07) is 4.02. The van der Waals surface area contributed by atoms with Crippen molar-refractivity contribution in [1.29, 1.82) is 0 Å². The SMILES string of the molecule is NCc1cccn2cc(C3CCCCO3)nc12. The van der Waals surface area contributed by atoms with Crippen molar-refractivity contribution < 1.29 is 4.74 Å². The van der Waals surface area contributed by atoms with E-state index in [1.165, 1.54) is 6.42 Å². The molecular formula is C13H17N3O. The van der Waals surface area contributed by atoms with Crippen LogP contribution in [0.4, 0.5) is 0 Å². The molecule has 1 atom stereocenters. The van der Waals surface area contributed by atoms with Crippen LogP contribution in [0.2, 0.25) is 0 Å². The average molecular weight is 231 g/mol. The number of aromatic nitrogens is 2. The molecule has 0 bridgehead atoms. The topological polar surface area (TPSA) is 52.5 Å². The van der Waals surface area contributed by atoms with E-state index in [4.69, 9.17) is 10.5 Å². The highest BCUT2D eigenvalue weighted by Crippen LogP contribution is 2.27. The Balaban J connectivity index is 2.00. The Bertz CT molecular complexity index is 514. The largest absolute Gasteiger partial charge is 0.372 e. The van der Waals surface area contributed by atoms with E-state index in [1.54, 1.807) is 0 Å². The highest BCUT2D eigenvalue weighted by Gasteiger charge is 2.19. The standard InChI is InChI=1S/C13H17N3O/c14-8-10-4-3-6-16-9-11(15-13(10)16)12-5-1-2-7-17-12/h3-4,6,9,12H,1-2,5,7-8,14H2. The number of nitrogens with zero attached hydrogens (tertiary/aromatic N) is 2. The first kappa shape index (κ1) is 10.7. The Labute approximate surface area is 100 Å². The van der Waals surface area contributed by atoms with Crippen molar-refractivity contribution in [3.05, 3.63) is 35.8 Å². The van der Waals surface area contributed by atoms with Gasteiger partial charge in [0.05, 0.1) is 5.69 Å². The molecule has 1 aliphatic rings. The Morgan fingerprint density at radius 1 is 1.47 bits per heavy atom. The van der Waals surface area contributed by atoms with E-state index in [1.807, 2.05) is 22.7 Å². The molecule has 0 aliphatic carbocycles. The van der Waals surface area contributed by atoms with Crippen LogP contribution in [-0.2, 0) is 11.3 Å². The number of fused-ring (bicyclic) bond motifs is 1. The molecule has 3 rings (SSSR count). The first-order valence-electron chi connectivity index (χ1n) is 6.16. The maximum absolute atomic E-state index is 5.76. The van der Waals surface area contributed by atoms with Crippen LogP contribution in [0, 0.1) is 0 Å². The maximum Gasteiger partial charge on any atom is 0.141 e. The normalized spacial score (nSPS) is 20.9. The first-order chi connectivity index (χ1) is 8.38. The quantitative estimate of drug-likeness (QED) is 0.860. The van der Waals surface area contributed by atoms with Gasteiger partial charge in [-0.2, -0.15) is 0 Å². The van der Waals surface area contributed by atoms with Crippen molar-refractivity contribution >= 4 is 5.65 Å². The zero-order chi connectivity index (χ0) is 11.7. The van der Waals surface area contributed by atoms with Crippen molar-refractivity contribution in [2.75, 3.05) is 6.61 Å². The van der Waals surface area contributed by atoms with Crippen molar-refractivity contribution in [2.24, 2.45) is 5.73 Å². The molecule has 0 saturated carbocycles. The van der Waals surface area contributed by atoms with Crippen LogP contribution in [0.25, 0.3) is 5.65 Å². The van der Waals surface area contributed by atoms with Crippen LogP contribution in [0.5, 0.6) is 0 Å². The lowest BCUT2D eigenvalue weighted by molar-refractivity contribution is 0.0126. The lowest BCUT2D eigenvalue weighted by Gasteiger charge is -2.20. The zero-order valence-corrected chi connectivity index (χ0v) is 9.80. The van der Waals surface area contributed by atoms with Crippen molar-refractivity contribution in [2.45, 2.75) is 31.9 Å². The molecule has 3 heterocycles. The summed E-state index contributed by atoms with van der Waals surface area (Å²) >= 11 is 0. The van der Waals surface area contributed by atoms with Crippen molar-refractivity contribution in [3.63, 3.8) is 0 Å². The van der Waals surface area contributed by atoms with Crippen LogP contribution in [0.15, 0.2) is 24.5 Å². The minimum absolute atomic E-state index is 0.161. The van der Waals surface area contributed by atoms with Gasteiger partial charge in [0.25, 0.3) is 0 Å². The molecule has 4 nitrogen and oxygen atoms in total. The van der Waals surface area contributed by atoms with Gasteiger partial charge in [-0.15, -0.1) is 0 Å². The summed E-state index contributed by atoms with van der Waals surface area (Å²) < 4.78 is 7.80. The number of imidazole rings is 1. The van der Waals surface area contributed by atoms with E-state index in [0.29, 0.717) is 6.54 Å². The summed E-state index contributed by atoms with van der Waals surface area (Å²) in [5, 5.41) is 0. The summed E-state index contributed by atoms with van der Waals surface area (Å²) in [6.45, 7) is 1.37. The molecule has 4 heteroatoms. The maximum atomic E-state index is 5.76. The molecule has 1 saturated heterocycles. The number of hydrogen-bond donors (Lipinski definition) is 1. The molecule has 0 spiro atoms. The first-order valence-corrected chi connectivity index (χ1v) is 6.16. The fourth-order valence-electron chi connectivity index (χ4n) is 2.38. The van der Waals surface area contributed by atoms with E-state index >= 15 is 0 Å². The second-order valence-corrected chi connectivity index (χ2v) is 4.49. The zero-order valence-electron chi connectivity index (χ0n) is 9.80. The summed E-state index contributed by atoms with van der Waals surface area (Å²) in [5.41, 5.74) is 8.79.